The van der Waals surface area contributed by atoms with Gasteiger partial charge in [-0.15, -0.1) is 0 Å². The van der Waals surface area contributed by atoms with Gasteiger partial charge in [0.2, 0.25) is 0 Å². The average Bonchev–Trinajstić information content (AvgIpc) is 2.47. The fourth-order valence-corrected chi connectivity index (χ4v) is 3.73. The third-order valence-corrected chi connectivity index (χ3v) is 5.75. The summed E-state index contributed by atoms with van der Waals surface area (Å²) >= 11 is 5.91. The van der Waals surface area contributed by atoms with Crippen molar-refractivity contribution in [3.63, 3.8) is 0 Å². The minimum atomic E-state index is -3.32. The van der Waals surface area contributed by atoms with Gasteiger partial charge in [0.25, 0.3) is 0 Å². The van der Waals surface area contributed by atoms with Crippen molar-refractivity contribution < 1.29 is 13.5 Å². The number of halogens is 1. The minimum Gasteiger partial charge on any atom is -0.392 e. The fraction of sp³-hybridized carbons (Fsp3) is 0.250. The van der Waals surface area contributed by atoms with Crippen LogP contribution in [0.2, 0.25) is 5.02 Å². The molecule has 0 saturated carbocycles. The van der Waals surface area contributed by atoms with E-state index in [4.69, 9.17) is 16.7 Å². The van der Waals surface area contributed by atoms with Crippen LogP contribution in [0.5, 0.6) is 0 Å². The van der Waals surface area contributed by atoms with Crippen LogP contribution in [0, 0.1) is 0 Å². The molecule has 0 saturated heterocycles. The lowest BCUT2D eigenvalue weighted by Gasteiger charge is -2.14. The topological polar surface area (TPSA) is 54.4 Å². The molecule has 0 spiro atoms. The van der Waals surface area contributed by atoms with Crippen molar-refractivity contribution in [2.45, 2.75) is 24.5 Å². The molecule has 1 atom stereocenters. The lowest BCUT2D eigenvalue weighted by molar-refractivity contribution is 0.282. The van der Waals surface area contributed by atoms with Crippen LogP contribution < -0.4 is 0 Å². The van der Waals surface area contributed by atoms with Gasteiger partial charge in [0.15, 0.2) is 9.84 Å². The number of hydrogen-bond donors (Lipinski definition) is 1. The highest BCUT2D eigenvalue weighted by Gasteiger charge is 2.23. The summed E-state index contributed by atoms with van der Waals surface area (Å²) in [6.45, 7) is 1.62. The second-order valence-electron chi connectivity index (χ2n) is 4.98. The van der Waals surface area contributed by atoms with Gasteiger partial charge in [-0.2, -0.15) is 0 Å². The van der Waals surface area contributed by atoms with Crippen molar-refractivity contribution in [1.29, 1.82) is 0 Å². The summed E-state index contributed by atoms with van der Waals surface area (Å²) in [5, 5.41) is 8.91. The molecule has 0 heterocycles. The number of hydrogen-bond acceptors (Lipinski definition) is 3. The predicted molar refractivity (Wildman–Crippen MR) is 84.9 cm³/mol. The molecule has 1 N–H and O–H groups in total. The molecule has 0 fully saturated rings. The van der Waals surface area contributed by atoms with Gasteiger partial charge in [0.1, 0.15) is 0 Å². The molecule has 0 aliphatic heterocycles. The van der Waals surface area contributed by atoms with E-state index in [1.165, 1.54) is 0 Å². The third kappa shape index (κ3) is 4.06. The maximum absolute atomic E-state index is 12.5. The van der Waals surface area contributed by atoms with Crippen LogP contribution in [0.4, 0.5) is 0 Å². The van der Waals surface area contributed by atoms with E-state index in [1.54, 1.807) is 55.5 Å². The molecule has 21 heavy (non-hydrogen) atoms. The van der Waals surface area contributed by atoms with Gasteiger partial charge >= 0.3 is 0 Å². The van der Waals surface area contributed by atoms with E-state index < -0.39 is 15.1 Å². The van der Waals surface area contributed by atoms with Crippen LogP contribution in [0.1, 0.15) is 28.9 Å². The first-order chi connectivity index (χ1) is 9.92. The predicted octanol–water partition coefficient (Wildman–Crippen LogP) is 3.51. The number of aliphatic hydroxyl groups excluding tert-OH is 1. The summed E-state index contributed by atoms with van der Waals surface area (Å²) < 4.78 is 24.9. The highest BCUT2D eigenvalue weighted by molar-refractivity contribution is 7.90. The van der Waals surface area contributed by atoms with Gasteiger partial charge in [-0.1, -0.05) is 48.0 Å². The molecular formula is C16H17ClO3S. The van der Waals surface area contributed by atoms with Gasteiger partial charge in [-0.25, -0.2) is 8.42 Å². The van der Waals surface area contributed by atoms with E-state index >= 15 is 0 Å². The lowest BCUT2D eigenvalue weighted by Crippen LogP contribution is -2.13. The summed E-state index contributed by atoms with van der Waals surface area (Å²) in [5.41, 5.74) is 2.16. The van der Waals surface area contributed by atoms with Gasteiger partial charge in [0, 0.05) is 5.02 Å². The highest BCUT2D eigenvalue weighted by Crippen LogP contribution is 2.27. The van der Waals surface area contributed by atoms with E-state index in [-0.39, 0.29) is 12.4 Å². The molecule has 2 aromatic carbocycles. The first-order valence-electron chi connectivity index (χ1n) is 6.58. The fourth-order valence-electron chi connectivity index (χ4n) is 2.06. The number of aliphatic hydroxyl groups is 1. The Morgan fingerprint density at radius 1 is 1.10 bits per heavy atom. The molecule has 2 aromatic rings. The molecule has 5 heteroatoms. The maximum atomic E-state index is 12.5. The van der Waals surface area contributed by atoms with Gasteiger partial charge < -0.3 is 5.11 Å². The molecule has 0 amide bonds. The standard InChI is InChI=1S/C16H17ClO3S/c1-12(15-3-2-4-16(17)9-15)21(19,20)11-14-7-5-13(10-18)6-8-14/h2-9,12,18H,10-11H2,1H3. The van der Waals surface area contributed by atoms with Crippen molar-refractivity contribution in [3.8, 4) is 0 Å². The Balaban J connectivity index is 2.20. The number of rotatable bonds is 5. The second-order valence-corrected chi connectivity index (χ2v) is 7.74. The van der Waals surface area contributed by atoms with Crippen molar-refractivity contribution in [1.82, 2.24) is 0 Å². The van der Waals surface area contributed by atoms with E-state index in [0.29, 0.717) is 16.1 Å². The summed E-state index contributed by atoms with van der Waals surface area (Å²) in [6.07, 6.45) is 0. The van der Waals surface area contributed by atoms with Crippen LogP contribution in [0.3, 0.4) is 0 Å². The van der Waals surface area contributed by atoms with Crippen LogP contribution in [0.15, 0.2) is 48.5 Å². The largest absolute Gasteiger partial charge is 0.392 e. The smallest absolute Gasteiger partial charge is 0.161 e. The first kappa shape index (κ1) is 16.0. The molecule has 1 unspecified atom stereocenters. The third-order valence-electron chi connectivity index (χ3n) is 3.43. The average molecular weight is 325 g/mol. The minimum absolute atomic E-state index is 0.0353. The quantitative estimate of drug-likeness (QED) is 0.915. The summed E-state index contributed by atoms with van der Waals surface area (Å²) in [5.74, 6) is -0.0353. The highest BCUT2D eigenvalue weighted by atomic mass is 35.5. The van der Waals surface area contributed by atoms with E-state index in [0.717, 1.165) is 5.56 Å². The maximum Gasteiger partial charge on any atom is 0.161 e. The SMILES string of the molecule is CC(c1cccc(Cl)c1)S(=O)(=O)Cc1ccc(CO)cc1. The molecule has 0 radical (unpaired) electrons. The molecule has 0 aliphatic carbocycles. The normalized spacial score (nSPS) is 13.1. The van der Waals surface area contributed by atoms with Crippen molar-refractivity contribution in [2.24, 2.45) is 0 Å². The van der Waals surface area contributed by atoms with E-state index in [2.05, 4.69) is 0 Å². The van der Waals surface area contributed by atoms with Gasteiger partial charge in [-0.05, 0) is 35.7 Å². The van der Waals surface area contributed by atoms with Crippen LogP contribution in [-0.2, 0) is 22.2 Å². The lowest BCUT2D eigenvalue weighted by atomic mass is 10.2. The Labute approximate surface area is 130 Å². The molecule has 0 aromatic heterocycles. The molecule has 0 aliphatic rings. The first-order valence-corrected chi connectivity index (χ1v) is 8.67. The molecule has 0 bridgehead atoms. The number of benzene rings is 2. The summed E-state index contributed by atoms with van der Waals surface area (Å²) in [6, 6.07) is 13.8. The van der Waals surface area contributed by atoms with Crippen molar-refractivity contribution in [3.05, 3.63) is 70.2 Å². The Kier molecular flexibility index (Phi) is 5.04. The van der Waals surface area contributed by atoms with Gasteiger partial charge in [-0.3, -0.25) is 0 Å². The van der Waals surface area contributed by atoms with Gasteiger partial charge in [0.05, 0.1) is 17.6 Å². The Morgan fingerprint density at radius 2 is 1.71 bits per heavy atom. The number of sulfone groups is 1. The van der Waals surface area contributed by atoms with E-state index in [1.807, 2.05) is 0 Å². The Morgan fingerprint density at radius 3 is 2.29 bits per heavy atom. The van der Waals surface area contributed by atoms with Crippen LogP contribution in [0.25, 0.3) is 0 Å². The second kappa shape index (κ2) is 6.60. The molecule has 2 rings (SSSR count). The molecule has 3 nitrogen and oxygen atoms in total. The van der Waals surface area contributed by atoms with E-state index in [9.17, 15) is 8.42 Å². The Bertz CT molecular complexity index is 709. The molecule has 112 valence electrons. The summed E-state index contributed by atoms with van der Waals surface area (Å²) in [7, 11) is -3.32. The summed E-state index contributed by atoms with van der Waals surface area (Å²) in [4.78, 5) is 0. The Hall–Kier alpha value is -1.36. The zero-order valence-electron chi connectivity index (χ0n) is 11.7. The van der Waals surface area contributed by atoms with Crippen molar-refractivity contribution >= 4 is 21.4 Å². The van der Waals surface area contributed by atoms with Crippen LogP contribution >= 0.6 is 11.6 Å². The zero-order chi connectivity index (χ0) is 15.5. The van der Waals surface area contributed by atoms with Crippen molar-refractivity contribution in [2.75, 3.05) is 0 Å². The monoisotopic (exact) mass is 324 g/mol. The molecular weight excluding hydrogens is 308 g/mol. The van der Waals surface area contributed by atoms with Crippen LogP contribution in [-0.4, -0.2) is 13.5 Å². The zero-order valence-corrected chi connectivity index (χ0v) is 13.2.